The number of esters is 1. The predicted molar refractivity (Wildman–Crippen MR) is 62.3 cm³/mol. The van der Waals surface area contributed by atoms with Gasteiger partial charge in [-0.1, -0.05) is 0 Å². The highest BCUT2D eigenvalue weighted by molar-refractivity contribution is 5.87. The number of carbonyl (C=O) groups excluding carboxylic acids is 1. The third kappa shape index (κ3) is 3.31. The summed E-state index contributed by atoms with van der Waals surface area (Å²) < 4.78 is 6.78. The van der Waals surface area contributed by atoms with Crippen molar-refractivity contribution >= 4 is 5.97 Å². The van der Waals surface area contributed by atoms with Crippen LogP contribution in [0.1, 0.15) is 45.1 Å². The van der Waals surface area contributed by atoms with E-state index < -0.39 is 17.1 Å². The van der Waals surface area contributed by atoms with Gasteiger partial charge in [0.25, 0.3) is 0 Å². The monoisotopic (exact) mass is 235 g/mol. The van der Waals surface area contributed by atoms with Crippen LogP contribution in [0.3, 0.4) is 0 Å². The van der Waals surface area contributed by atoms with E-state index in [1.165, 1.54) is 12.5 Å². The standard InChI is InChI=1S/C12H17N3O2/c1-11(2,3)17-10(16)9-6-15(8-14-9)12(4,5)7-13/h6,8H,1-5H3. The topological polar surface area (TPSA) is 67.9 Å². The van der Waals surface area contributed by atoms with Gasteiger partial charge >= 0.3 is 5.97 Å². The zero-order valence-corrected chi connectivity index (χ0v) is 10.8. The molecule has 0 fully saturated rings. The summed E-state index contributed by atoms with van der Waals surface area (Å²) >= 11 is 0. The Morgan fingerprint density at radius 3 is 2.47 bits per heavy atom. The molecule has 5 heteroatoms. The van der Waals surface area contributed by atoms with Crippen molar-refractivity contribution in [1.29, 1.82) is 5.26 Å². The molecule has 0 atom stereocenters. The molecule has 0 aliphatic heterocycles. The van der Waals surface area contributed by atoms with Gasteiger partial charge in [0.1, 0.15) is 11.1 Å². The van der Waals surface area contributed by atoms with E-state index in [4.69, 9.17) is 10.00 Å². The summed E-state index contributed by atoms with van der Waals surface area (Å²) in [6.07, 6.45) is 2.99. The highest BCUT2D eigenvalue weighted by Crippen LogP contribution is 2.16. The van der Waals surface area contributed by atoms with Crippen LogP contribution in [0.5, 0.6) is 0 Å². The molecule has 5 nitrogen and oxygen atoms in total. The van der Waals surface area contributed by atoms with Crippen molar-refractivity contribution in [2.24, 2.45) is 0 Å². The lowest BCUT2D eigenvalue weighted by molar-refractivity contribution is 0.00633. The van der Waals surface area contributed by atoms with Crippen molar-refractivity contribution in [3.05, 3.63) is 18.2 Å². The quantitative estimate of drug-likeness (QED) is 0.736. The maximum atomic E-state index is 11.7. The van der Waals surface area contributed by atoms with Crippen molar-refractivity contribution in [2.75, 3.05) is 0 Å². The number of ether oxygens (including phenoxy) is 1. The van der Waals surface area contributed by atoms with Gasteiger partial charge in [-0.05, 0) is 34.6 Å². The van der Waals surface area contributed by atoms with Gasteiger partial charge < -0.3 is 9.30 Å². The molecule has 1 heterocycles. The summed E-state index contributed by atoms with van der Waals surface area (Å²) in [5, 5.41) is 8.97. The smallest absolute Gasteiger partial charge is 0.359 e. The lowest BCUT2D eigenvalue weighted by atomic mass is 10.1. The Hall–Kier alpha value is -1.83. The molecular weight excluding hydrogens is 218 g/mol. The molecule has 1 rings (SSSR count). The van der Waals surface area contributed by atoms with Crippen LogP contribution in [-0.4, -0.2) is 21.1 Å². The highest BCUT2D eigenvalue weighted by atomic mass is 16.6. The molecular formula is C12H17N3O2. The van der Waals surface area contributed by atoms with Gasteiger partial charge in [0.05, 0.1) is 12.4 Å². The second-order valence-electron chi connectivity index (χ2n) is 5.34. The molecule has 0 radical (unpaired) electrons. The molecule has 0 aliphatic carbocycles. The third-order valence-corrected chi connectivity index (χ3v) is 2.11. The molecule has 0 spiro atoms. The third-order valence-electron chi connectivity index (χ3n) is 2.11. The molecule has 1 aromatic rings. The Balaban J connectivity index is 2.90. The van der Waals surface area contributed by atoms with E-state index in [9.17, 15) is 4.79 Å². The van der Waals surface area contributed by atoms with Gasteiger partial charge in [0.15, 0.2) is 5.69 Å². The second-order valence-corrected chi connectivity index (χ2v) is 5.34. The predicted octanol–water partition coefficient (Wildman–Crippen LogP) is 2.10. The first-order valence-corrected chi connectivity index (χ1v) is 5.35. The Morgan fingerprint density at radius 1 is 1.41 bits per heavy atom. The Labute approximate surface area is 101 Å². The van der Waals surface area contributed by atoms with Crippen LogP contribution in [0, 0.1) is 11.3 Å². The van der Waals surface area contributed by atoms with E-state index in [0.29, 0.717) is 0 Å². The van der Waals surface area contributed by atoms with Crippen molar-refractivity contribution < 1.29 is 9.53 Å². The molecule has 0 N–H and O–H groups in total. The van der Waals surface area contributed by atoms with Gasteiger partial charge in [-0.15, -0.1) is 0 Å². The first-order valence-electron chi connectivity index (χ1n) is 5.35. The molecule has 0 saturated heterocycles. The van der Waals surface area contributed by atoms with E-state index >= 15 is 0 Å². The summed E-state index contributed by atoms with van der Waals surface area (Å²) in [5.41, 5.74) is -1.07. The fourth-order valence-corrected chi connectivity index (χ4v) is 1.12. The molecule has 0 amide bonds. The number of carbonyl (C=O) groups is 1. The van der Waals surface area contributed by atoms with Gasteiger partial charge in [-0.25, -0.2) is 9.78 Å². The molecule has 1 aromatic heterocycles. The second kappa shape index (κ2) is 4.21. The summed E-state index contributed by atoms with van der Waals surface area (Å²) in [4.78, 5) is 15.7. The molecule has 0 aromatic carbocycles. The molecule has 92 valence electrons. The van der Waals surface area contributed by atoms with E-state index in [2.05, 4.69) is 11.1 Å². The minimum atomic E-state index is -0.729. The lowest BCUT2D eigenvalue weighted by Gasteiger charge is -2.18. The van der Waals surface area contributed by atoms with Crippen molar-refractivity contribution in [1.82, 2.24) is 9.55 Å². The Kier molecular flexibility index (Phi) is 3.28. The van der Waals surface area contributed by atoms with E-state index in [1.54, 1.807) is 39.2 Å². The van der Waals surface area contributed by atoms with Gasteiger partial charge in [0.2, 0.25) is 0 Å². The van der Waals surface area contributed by atoms with Crippen LogP contribution in [0.25, 0.3) is 0 Å². The van der Waals surface area contributed by atoms with Crippen LogP contribution in [0.4, 0.5) is 0 Å². The number of hydrogen-bond donors (Lipinski definition) is 0. The summed E-state index contributed by atoms with van der Waals surface area (Å²) in [7, 11) is 0. The van der Waals surface area contributed by atoms with E-state index in [1.807, 2.05) is 0 Å². The van der Waals surface area contributed by atoms with Crippen LogP contribution in [-0.2, 0) is 10.3 Å². The number of hydrogen-bond acceptors (Lipinski definition) is 4. The fraction of sp³-hybridized carbons (Fsp3) is 0.583. The largest absolute Gasteiger partial charge is 0.455 e. The Morgan fingerprint density at radius 2 is 2.00 bits per heavy atom. The first kappa shape index (κ1) is 13.2. The highest BCUT2D eigenvalue weighted by Gasteiger charge is 2.23. The molecule has 17 heavy (non-hydrogen) atoms. The number of nitriles is 1. The normalized spacial score (nSPS) is 12.0. The fourth-order valence-electron chi connectivity index (χ4n) is 1.12. The molecule has 0 bridgehead atoms. The summed E-state index contributed by atoms with van der Waals surface area (Å²) in [6.45, 7) is 8.87. The van der Waals surface area contributed by atoms with E-state index in [0.717, 1.165) is 0 Å². The SMILES string of the molecule is CC(C)(C)OC(=O)c1cn(C(C)(C)C#N)cn1. The molecule has 0 unspecified atom stereocenters. The number of imidazole rings is 1. The zero-order valence-electron chi connectivity index (χ0n) is 10.8. The number of aromatic nitrogens is 2. The number of nitrogens with zero attached hydrogens (tertiary/aromatic N) is 3. The van der Waals surface area contributed by atoms with Crippen molar-refractivity contribution in [2.45, 2.75) is 45.8 Å². The minimum Gasteiger partial charge on any atom is -0.455 e. The average Bonchev–Trinajstić information content (AvgIpc) is 2.64. The van der Waals surface area contributed by atoms with Crippen molar-refractivity contribution in [3.8, 4) is 6.07 Å². The molecule has 0 aliphatic rings. The maximum absolute atomic E-state index is 11.7. The van der Waals surface area contributed by atoms with Crippen molar-refractivity contribution in [3.63, 3.8) is 0 Å². The van der Waals surface area contributed by atoms with Crippen LogP contribution in [0.15, 0.2) is 12.5 Å². The zero-order chi connectivity index (χ0) is 13.3. The molecule has 0 saturated carbocycles. The number of rotatable bonds is 2. The Bertz CT molecular complexity index is 461. The lowest BCUT2D eigenvalue weighted by Crippen LogP contribution is -2.24. The van der Waals surface area contributed by atoms with Gasteiger partial charge in [-0.2, -0.15) is 5.26 Å². The average molecular weight is 235 g/mol. The summed E-state index contributed by atoms with van der Waals surface area (Å²) in [6, 6.07) is 2.13. The van der Waals surface area contributed by atoms with Crippen LogP contribution in [0.2, 0.25) is 0 Å². The van der Waals surface area contributed by atoms with E-state index in [-0.39, 0.29) is 5.69 Å². The van der Waals surface area contributed by atoms with Gasteiger partial charge in [0, 0.05) is 6.20 Å². The van der Waals surface area contributed by atoms with Gasteiger partial charge in [-0.3, -0.25) is 0 Å². The summed E-state index contributed by atoms with van der Waals surface area (Å²) in [5.74, 6) is -0.481. The van der Waals surface area contributed by atoms with Crippen LogP contribution >= 0.6 is 0 Å². The maximum Gasteiger partial charge on any atom is 0.359 e. The minimum absolute atomic E-state index is 0.211. The first-order chi connectivity index (χ1) is 7.65. The van der Waals surface area contributed by atoms with Crippen LogP contribution < -0.4 is 0 Å².